The number of hydrogen-bond donors (Lipinski definition) is 3. The van der Waals surface area contributed by atoms with Crippen molar-refractivity contribution >= 4 is 23.3 Å². The summed E-state index contributed by atoms with van der Waals surface area (Å²) < 4.78 is 0. The quantitative estimate of drug-likeness (QED) is 0.751. The summed E-state index contributed by atoms with van der Waals surface area (Å²) in [7, 11) is 0. The lowest BCUT2D eigenvalue weighted by Gasteiger charge is -2.21. The average molecular weight is 284 g/mol. The van der Waals surface area contributed by atoms with E-state index < -0.39 is 18.0 Å². The maximum Gasteiger partial charge on any atom is 0.331 e. The second-order valence-electron chi connectivity index (χ2n) is 4.58. The SMILES string of the molecule is CCC(C)C(C)NC(=O)NC(C(=O)O)c1cccs1. The van der Waals surface area contributed by atoms with E-state index in [0.29, 0.717) is 10.8 Å². The van der Waals surface area contributed by atoms with Gasteiger partial charge in [-0.1, -0.05) is 26.3 Å². The first kappa shape index (κ1) is 15.5. The zero-order valence-corrected chi connectivity index (χ0v) is 12.2. The lowest BCUT2D eigenvalue weighted by atomic mass is 10.0. The van der Waals surface area contributed by atoms with Gasteiger partial charge in [-0.2, -0.15) is 0 Å². The molecule has 1 rings (SSSR count). The summed E-state index contributed by atoms with van der Waals surface area (Å²) >= 11 is 1.31. The normalized spacial score (nSPS) is 15.3. The Kier molecular flexibility index (Phi) is 5.82. The number of amides is 2. The highest BCUT2D eigenvalue weighted by atomic mass is 32.1. The van der Waals surface area contributed by atoms with E-state index in [-0.39, 0.29) is 6.04 Å². The van der Waals surface area contributed by atoms with Crippen molar-refractivity contribution in [2.45, 2.75) is 39.3 Å². The average Bonchev–Trinajstić information content (AvgIpc) is 2.87. The lowest BCUT2D eigenvalue weighted by Crippen LogP contribution is -2.46. The van der Waals surface area contributed by atoms with E-state index in [2.05, 4.69) is 10.6 Å². The van der Waals surface area contributed by atoms with Gasteiger partial charge in [-0.15, -0.1) is 11.3 Å². The van der Waals surface area contributed by atoms with Crippen molar-refractivity contribution in [3.05, 3.63) is 22.4 Å². The second kappa shape index (κ2) is 7.13. The van der Waals surface area contributed by atoms with Crippen LogP contribution in [0.5, 0.6) is 0 Å². The molecule has 0 bridgehead atoms. The largest absolute Gasteiger partial charge is 0.479 e. The van der Waals surface area contributed by atoms with Crippen molar-refractivity contribution in [2.24, 2.45) is 5.92 Å². The van der Waals surface area contributed by atoms with Crippen molar-refractivity contribution in [1.82, 2.24) is 10.6 Å². The summed E-state index contributed by atoms with van der Waals surface area (Å²) in [5, 5.41) is 16.2. The van der Waals surface area contributed by atoms with Crippen molar-refractivity contribution < 1.29 is 14.7 Å². The number of carboxylic acid groups (broad SMARTS) is 1. The van der Waals surface area contributed by atoms with Crippen LogP contribution in [-0.2, 0) is 4.79 Å². The van der Waals surface area contributed by atoms with Gasteiger partial charge in [0.25, 0.3) is 0 Å². The Balaban J connectivity index is 2.61. The summed E-state index contributed by atoms with van der Waals surface area (Å²) in [6.45, 7) is 6.00. The number of nitrogens with one attached hydrogen (secondary N) is 2. The van der Waals surface area contributed by atoms with Crippen LogP contribution in [0.1, 0.15) is 38.1 Å². The Morgan fingerprint density at radius 1 is 1.37 bits per heavy atom. The first-order chi connectivity index (χ1) is 8.95. The van der Waals surface area contributed by atoms with Gasteiger partial charge in [0.05, 0.1) is 0 Å². The molecule has 0 radical (unpaired) electrons. The third-order valence-corrected chi connectivity index (χ3v) is 4.14. The molecule has 1 aromatic heterocycles. The molecule has 0 saturated carbocycles. The fraction of sp³-hybridized carbons (Fsp3) is 0.538. The number of carboxylic acids is 1. The van der Waals surface area contributed by atoms with Crippen LogP contribution in [0.25, 0.3) is 0 Å². The van der Waals surface area contributed by atoms with Crippen LogP contribution in [-0.4, -0.2) is 23.1 Å². The predicted molar refractivity (Wildman–Crippen MR) is 75.3 cm³/mol. The monoisotopic (exact) mass is 284 g/mol. The van der Waals surface area contributed by atoms with E-state index in [9.17, 15) is 9.59 Å². The van der Waals surface area contributed by atoms with Crippen LogP contribution in [0.3, 0.4) is 0 Å². The Labute approximate surface area is 117 Å². The number of carbonyl (C=O) groups is 2. The van der Waals surface area contributed by atoms with Gasteiger partial charge in [-0.05, 0) is 24.3 Å². The first-order valence-electron chi connectivity index (χ1n) is 6.29. The molecule has 0 saturated heterocycles. The molecule has 0 aliphatic heterocycles. The minimum absolute atomic E-state index is 0.00257. The zero-order chi connectivity index (χ0) is 14.4. The number of thiophene rings is 1. The van der Waals surface area contributed by atoms with Gasteiger partial charge < -0.3 is 15.7 Å². The van der Waals surface area contributed by atoms with Crippen LogP contribution in [0.15, 0.2) is 17.5 Å². The summed E-state index contributed by atoms with van der Waals surface area (Å²) in [6.07, 6.45) is 0.953. The van der Waals surface area contributed by atoms with Crippen LogP contribution >= 0.6 is 11.3 Å². The van der Waals surface area contributed by atoms with Gasteiger partial charge in [-0.25, -0.2) is 9.59 Å². The highest BCUT2D eigenvalue weighted by molar-refractivity contribution is 7.10. The van der Waals surface area contributed by atoms with Crippen LogP contribution in [0.4, 0.5) is 4.79 Å². The Hall–Kier alpha value is -1.56. The van der Waals surface area contributed by atoms with E-state index in [0.717, 1.165) is 6.42 Å². The molecule has 1 heterocycles. The third-order valence-electron chi connectivity index (χ3n) is 3.21. The van der Waals surface area contributed by atoms with Crippen molar-refractivity contribution in [1.29, 1.82) is 0 Å². The third kappa shape index (κ3) is 4.55. The number of carbonyl (C=O) groups excluding carboxylic acids is 1. The molecule has 1 aromatic rings. The summed E-state index contributed by atoms with van der Waals surface area (Å²) in [5.74, 6) is -0.718. The van der Waals surface area contributed by atoms with E-state index in [1.54, 1.807) is 17.5 Å². The van der Waals surface area contributed by atoms with Gasteiger partial charge in [-0.3, -0.25) is 0 Å². The van der Waals surface area contributed by atoms with Gasteiger partial charge in [0, 0.05) is 10.9 Å². The molecule has 6 heteroatoms. The predicted octanol–water partition coefficient (Wildman–Crippen LogP) is 2.61. The summed E-state index contributed by atoms with van der Waals surface area (Å²) in [5.41, 5.74) is 0. The van der Waals surface area contributed by atoms with Crippen LogP contribution in [0, 0.1) is 5.92 Å². The summed E-state index contributed by atoms with van der Waals surface area (Å²) in [6, 6.07) is 2.01. The van der Waals surface area contributed by atoms with Crippen LogP contribution in [0.2, 0.25) is 0 Å². The van der Waals surface area contributed by atoms with Gasteiger partial charge in [0.1, 0.15) is 0 Å². The molecule has 3 unspecified atom stereocenters. The number of hydrogen-bond acceptors (Lipinski definition) is 3. The highest BCUT2D eigenvalue weighted by Gasteiger charge is 2.24. The molecular formula is C13H20N2O3S. The number of rotatable bonds is 6. The van der Waals surface area contributed by atoms with E-state index in [1.807, 2.05) is 20.8 Å². The molecule has 0 fully saturated rings. The van der Waals surface area contributed by atoms with E-state index in [1.165, 1.54) is 11.3 Å². The molecule has 0 aliphatic carbocycles. The molecule has 2 amide bonds. The lowest BCUT2D eigenvalue weighted by molar-refractivity contribution is -0.139. The minimum atomic E-state index is -1.06. The van der Waals surface area contributed by atoms with Gasteiger partial charge >= 0.3 is 12.0 Å². The fourth-order valence-corrected chi connectivity index (χ4v) is 2.35. The Bertz CT molecular complexity index is 420. The fourth-order valence-electron chi connectivity index (χ4n) is 1.59. The van der Waals surface area contributed by atoms with Gasteiger partial charge in [0.2, 0.25) is 0 Å². The molecule has 0 aliphatic rings. The molecule has 0 spiro atoms. The van der Waals surface area contributed by atoms with Crippen molar-refractivity contribution in [2.75, 3.05) is 0 Å². The molecule has 106 valence electrons. The molecule has 19 heavy (non-hydrogen) atoms. The number of urea groups is 1. The molecule has 5 nitrogen and oxygen atoms in total. The standard InChI is InChI=1S/C13H20N2O3S/c1-4-8(2)9(3)14-13(18)15-11(12(16)17)10-6-5-7-19-10/h5-9,11H,4H2,1-3H3,(H,16,17)(H2,14,15,18). The van der Waals surface area contributed by atoms with Crippen molar-refractivity contribution in [3.8, 4) is 0 Å². The van der Waals surface area contributed by atoms with E-state index >= 15 is 0 Å². The first-order valence-corrected chi connectivity index (χ1v) is 7.16. The molecule has 3 atom stereocenters. The van der Waals surface area contributed by atoms with Crippen LogP contribution < -0.4 is 10.6 Å². The topological polar surface area (TPSA) is 78.4 Å². The smallest absolute Gasteiger partial charge is 0.331 e. The number of aliphatic carboxylic acids is 1. The Morgan fingerprint density at radius 3 is 2.53 bits per heavy atom. The summed E-state index contributed by atoms with van der Waals surface area (Å²) in [4.78, 5) is 23.6. The molecular weight excluding hydrogens is 264 g/mol. The van der Waals surface area contributed by atoms with E-state index in [4.69, 9.17) is 5.11 Å². The van der Waals surface area contributed by atoms with Crippen molar-refractivity contribution in [3.63, 3.8) is 0 Å². The minimum Gasteiger partial charge on any atom is -0.479 e. The maximum atomic E-state index is 11.8. The van der Waals surface area contributed by atoms with Gasteiger partial charge in [0.15, 0.2) is 6.04 Å². The molecule has 0 aromatic carbocycles. The second-order valence-corrected chi connectivity index (χ2v) is 5.56. The maximum absolute atomic E-state index is 11.8. The highest BCUT2D eigenvalue weighted by Crippen LogP contribution is 2.19. The molecule has 3 N–H and O–H groups in total. The Morgan fingerprint density at radius 2 is 2.05 bits per heavy atom. The zero-order valence-electron chi connectivity index (χ0n) is 11.3.